The van der Waals surface area contributed by atoms with Crippen molar-refractivity contribution in [2.75, 3.05) is 25.2 Å². The topological polar surface area (TPSA) is 54.0 Å². The van der Waals surface area contributed by atoms with Crippen LogP contribution in [-0.4, -0.2) is 35.5 Å². The van der Waals surface area contributed by atoms with E-state index in [2.05, 4.69) is 21.9 Å². The van der Waals surface area contributed by atoms with Gasteiger partial charge in [0.1, 0.15) is 5.69 Å². The van der Waals surface area contributed by atoms with Crippen LogP contribution in [0.1, 0.15) is 23.3 Å². The largest absolute Gasteiger partial charge is 0.388 e. The van der Waals surface area contributed by atoms with Gasteiger partial charge in [-0.05, 0) is 31.2 Å². The molecule has 1 fully saturated rings. The fourth-order valence-electron chi connectivity index (χ4n) is 2.42. The number of anilines is 1. The highest BCUT2D eigenvalue weighted by Crippen LogP contribution is 2.46. The first-order chi connectivity index (χ1) is 10.2. The molecule has 2 aromatic rings. The molecule has 1 aliphatic rings. The van der Waals surface area contributed by atoms with E-state index in [1.54, 1.807) is 0 Å². The van der Waals surface area contributed by atoms with Gasteiger partial charge in [0.2, 0.25) is 0 Å². The monoisotopic (exact) mass is 301 g/mol. The molecule has 1 saturated carbocycles. The summed E-state index contributed by atoms with van der Waals surface area (Å²) in [6.07, 6.45) is 4.47. The molecule has 1 heterocycles. The van der Waals surface area contributed by atoms with E-state index in [-0.39, 0.29) is 10.7 Å². The number of benzene rings is 1. The van der Waals surface area contributed by atoms with Gasteiger partial charge in [-0.25, -0.2) is 4.98 Å². The van der Waals surface area contributed by atoms with Crippen LogP contribution in [0.4, 0.5) is 5.69 Å². The number of carbonyl (C=O) groups is 1. The molecule has 0 radical (unpaired) electrons. The summed E-state index contributed by atoms with van der Waals surface area (Å²) in [7, 11) is 1.86. The number of hydrogen-bond acceptors (Lipinski definition) is 4. The fourth-order valence-corrected chi connectivity index (χ4v) is 3.15. The summed E-state index contributed by atoms with van der Waals surface area (Å²) in [6, 6.07) is 9.65. The molecule has 0 bridgehead atoms. The van der Waals surface area contributed by atoms with Gasteiger partial charge in [-0.1, -0.05) is 18.2 Å². The second-order valence-corrected chi connectivity index (χ2v) is 6.67. The lowest BCUT2D eigenvalue weighted by Crippen LogP contribution is -2.32. The molecule has 0 saturated heterocycles. The van der Waals surface area contributed by atoms with Crippen LogP contribution in [0.5, 0.6) is 0 Å². The number of nitrogens with zero attached hydrogens (tertiary/aromatic N) is 1. The van der Waals surface area contributed by atoms with E-state index in [0.717, 1.165) is 23.1 Å². The van der Waals surface area contributed by atoms with Gasteiger partial charge in [0.05, 0.1) is 5.52 Å². The Morgan fingerprint density at radius 1 is 1.38 bits per heavy atom. The van der Waals surface area contributed by atoms with Crippen LogP contribution < -0.4 is 10.6 Å². The van der Waals surface area contributed by atoms with E-state index >= 15 is 0 Å². The second-order valence-electron chi connectivity index (χ2n) is 5.39. The zero-order valence-electron chi connectivity index (χ0n) is 12.3. The van der Waals surface area contributed by atoms with Crippen LogP contribution in [0.25, 0.3) is 10.9 Å². The predicted molar refractivity (Wildman–Crippen MR) is 89.1 cm³/mol. The molecule has 5 heteroatoms. The Morgan fingerprint density at radius 2 is 2.14 bits per heavy atom. The van der Waals surface area contributed by atoms with E-state index in [4.69, 9.17) is 0 Å². The number of thioether (sulfide) groups is 1. The Kier molecular flexibility index (Phi) is 3.76. The number of pyridine rings is 1. The molecule has 2 N–H and O–H groups in total. The average molecular weight is 301 g/mol. The third-order valence-electron chi connectivity index (χ3n) is 4.03. The summed E-state index contributed by atoms with van der Waals surface area (Å²) < 4.78 is 0.262. The van der Waals surface area contributed by atoms with E-state index in [1.165, 1.54) is 12.8 Å². The number of carbonyl (C=O) groups excluding carboxylic acids is 1. The first kappa shape index (κ1) is 14.2. The highest BCUT2D eigenvalue weighted by Gasteiger charge is 2.42. The molecule has 0 aliphatic heterocycles. The zero-order chi connectivity index (χ0) is 14.9. The summed E-state index contributed by atoms with van der Waals surface area (Å²) in [5.41, 5.74) is 2.23. The molecule has 1 aromatic carbocycles. The normalized spacial score (nSPS) is 15.7. The fraction of sp³-hybridized carbons (Fsp3) is 0.375. The Labute approximate surface area is 128 Å². The average Bonchev–Trinajstić information content (AvgIpc) is 3.32. The molecule has 1 amide bonds. The number of aromatic nitrogens is 1. The third kappa shape index (κ3) is 2.83. The van der Waals surface area contributed by atoms with Crippen molar-refractivity contribution in [3.8, 4) is 0 Å². The summed E-state index contributed by atoms with van der Waals surface area (Å²) in [5, 5.41) is 7.18. The van der Waals surface area contributed by atoms with E-state index < -0.39 is 0 Å². The number of nitrogens with one attached hydrogen (secondary N) is 2. The first-order valence-corrected chi connectivity index (χ1v) is 8.31. The SMILES string of the molecule is CNc1cc(C(=O)NCC2(SC)CC2)nc2ccccc12. The van der Waals surface area contributed by atoms with Crippen molar-refractivity contribution in [1.29, 1.82) is 0 Å². The first-order valence-electron chi connectivity index (χ1n) is 7.08. The minimum atomic E-state index is -0.0995. The van der Waals surface area contributed by atoms with E-state index in [9.17, 15) is 4.79 Å². The van der Waals surface area contributed by atoms with Crippen molar-refractivity contribution < 1.29 is 4.79 Å². The van der Waals surface area contributed by atoms with Gasteiger partial charge in [0.15, 0.2) is 0 Å². The minimum Gasteiger partial charge on any atom is -0.388 e. The number of para-hydroxylation sites is 1. The van der Waals surface area contributed by atoms with Crippen molar-refractivity contribution in [2.24, 2.45) is 0 Å². The number of rotatable bonds is 5. The summed E-state index contributed by atoms with van der Waals surface area (Å²) >= 11 is 1.84. The molecular formula is C16H19N3OS. The van der Waals surface area contributed by atoms with Crippen molar-refractivity contribution in [3.63, 3.8) is 0 Å². The highest BCUT2D eigenvalue weighted by atomic mass is 32.2. The smallest absolute Gasteiger partial charge is 0.270 e. The molecule has 0 unspecified atom stereocenters. The van der Waals surface area contributed by atoms with Gasteiger partial charge < -0.3 is 10.6 Å². The quantitative estimate of drug-likeness (QED) is 0.891. The van der Waals surface area contributed by atoms with E-state index in [0.29, 0.717) is 5.69 Å². The standard InChI is InChI=1S/C16H19N3OS/c1-17-13-9-14(19-12-6-4-3-5-11(12)13)15(20)18-10-16(21-2)7-8-16/h3-6,9H,7-8,10H2,1-2H3,(H,17,19)(H,18,20). The number of amides is 1. The van der Waals surface area contributed by atoms with Crippen LogP contribution in [0.3, 0.4) is 0 Å². The van der Waals surface area contributed by atoms with Crippen LogP contribution >= 0.6 is 11.8 Å². The molecule has 0 atom stereocenters. The molecule has 21 heavy (non-hydrogen) atoms. The van der Waals surface area contributed by atoms with E-state index in [1.807, 2.05) is 49.1 Å². The Morgan fingerprint density at radius 3 is 2.81 bits per heavy atom. The van der Waals surface area contributed by atoms with Gasteiger partial charge in [-0.15, -0.1) is 0 Å². The Hall–Kier alpha value is -1.75. The summed E-state index contributed by atoms with van der Waals surface area (Å²) in [5.74, 6) is -0.0995. The van der Waals surface area contributed by atoms with Crippen LogP contribution in [0.2, 0.25) is 0 Å². The lowest BCUT2D eigenvalue weighted by atomic mass is 10.1. The molecule has 1 aliphatic carbocycles. The Balaban J connectivity index is 1.84. The van der Waals surface area contributed by atoms with Crippen LogP contribution in [0.15, 0.2) is 30.3 Å². The third-order valence-corrected chi connectivity index (χ3v) is 5.45. The van der Waals surface area contributed by atoms with Crippen molar-refractivity contribution in [1.82, 2.24) is 10.3 Å². The van der Waals surface area contributed by atoms with Gasteiger partial charge in [0, 0.05) is 29.4 Å². The van der Waals surface area contributed by atoms with Crippen LogP contribution in [-0.2, 0) is 0 Å². The lowest BCUT2D eigenvalue weighted by molar-refractivity contribution is 0.0948. The maximum absolute atomic E-state index is 12.3. The molecule has 4 nitrogen and oxygen atoms in total. The van der Waals surface area contributed by atoms with Gasteiger partial charge in [-0.3, -0.25) is 4.79 Å². The van der Waals surface area contributed by atoms with Crippen LogP contribution in [0, 0.1) is 0 Å². The lowest BCUT2D eigenvalue weighted by Gasteiger charge is -2.14. The van der Waals surface area contributed by atoms with Crippen molar-refractivity contribution in [3.05, 3.63) is 36.0 Å². The zero-order valence-corrected chi connectivity index (χ0v) is 13.1. The molecule has 110 valence electrons. The molecule has 1 aromatic heterocycles. The van der Waals surface area contributed by atoms with Gasteiger partial charge in [-0.2, -0.15) is 11.8 Å². The summed E-state index contributed by atoms with van der Waals surface area (Å²) in [4.78, 5) is 16.8. The Bertz CT molecular complexity index is 682. The van der Waals surface area contributed by atoms with Gasteiger partial charge >= 0.3 is 0 Å². The maximum Gasteiger partial charge on any atom is 0.270 e. The number of hydrogen-bond donors (Lipinski definition) is 2. The number of fused-ring (bicyclic) bond motifs is 1. The van der Waals surface area contributed by atoms with Crippen molar-refractivity contribution in [2.45, 2.75) is 17.6 Å². The maximum atomic E-state index is 12.3. The molecular weight excluding hydrogens is 282 g/mol. The van der Waals surface area contributed by atoms with Gasteiger partial charge in [0.25, 0.3) is 5.91 Å². The minimum absolute atomic E-state index is 0.0995. The molecule has 0 spiro atoms. The summed E-state index contributed by atoms with van der Waals surface area (Å²) in [6.45, 7) is 0.719. The highest BCUT2D eigenvalue weighted by molar-refractivity contribution is 8.00. The van der Waals surface area contributed by atoms with Crippen molar-refractivity contribution >= 4 is 34.3 Å². The molecule has 3 rings (SSSR count). The second kappa shape index (κ2) is 5.56. The predicted octanol–water partition coefficient (Wildman–Crippen LogP) is 2.90.